The van der Waals surface area contributed by atoms with Crippen LogP contribution in [0.5, 0.6) is 0 Å². The maximum absolute atomic E-state index is 12.3. The molecule has 0 spiro atoms. The number of aromatic nitrogens is 1. The molecule has 0 bridgehead atoms. The zero-order chi connectivity index (χ0) is 17.6. The summed E-state index contributed by atoms with van der Waals surface area (Å²) in [6.45, 7) is 2.14. The molecule has 0 fully saturated rings. The fraction of sp³-hybridized carbons (Fsp3) is 0.353. The van der Waals surface area contributed by atoms with Gasteiger partial charge in [-0.1, -0.05) is 37.3 Å². The van der Waals surface area contributed by atoms with Crippen molar-refractivity contribution in [3.8, 4) is 0 Å². The van der Waals surface area contributed by atoms with Crippen molar-refractivity contribution < 1.29 is 19.4 Å². The van der Waals surface area contributed by atoms with Crippen molar-refractivity contribution in [3.05, 3.63) is 52.0 Å². The van der Waals surface area contributed by atoms with E-state index in [0.29, 0.717) is 23.6 Å². The van der Waals surface area contributed by atoms with E-state index in [1.165, 1.54) is 11.3 Å². The first-order valence-corrected chi connectivity index (χ1v) is 8.42. The van der Waals surface area contributed by atoms with E-state index >= 15 is 0 Å². The van der Waals surface area contributed by atoms with Crippen LogP contribution in [0.25, 0.3) is 0 Å². The fourth-order valence-electron chi connectivity index (χ4n) is 2.47. The number of carbonyl (C=O) groups excluding carboxylic acids is 1. The Morgan fingerprint density at radius 1 is 1.33 bits per heavy atom. The Morgan fingerprint density at radius 3 is 2.62 bits per heavy atom. The minimum absolute atomic E-state index is 0.00117. The van der Waals surface area contributed by atoms with Gasteiger partial charge in [-0.15, -0.1) is 11.3 Å². The highest BCUT2D eigenvalue weighted by molar-refractivity contribution is 7.09. The van der Waals surface area contributed by atoms with Crippen molar-refractivity contribution in [2.24, 2.45) is 0 Å². The zero-order valence-electron chi connectivity index (χ0n) is 13.6. The minimum atomic E-state index is -1.16. The molecule has 1 aromatic carbocycles. The number of aliphatic carboxylic acids is 1. The van der Waals surface area contributed by atoms with E-state index in [1.807, 2.05) is 6.07 Å². The van der Waals surface area contributed by atoms with Gasteiger partial charge in [0.05, 0.1) is 6.61 Å². The molecule has 0 saturated carbocycles. The Labute approximate surface area is 144 Å². The molecule has 1 atom stereocenters. The largest absolute Gasteiger partial charge is 0.481 e. The van der Waals surface area contributed by atoms with Crippen LogP contribution >= 0.6 is 11.3 Å². The molecule has 24 heavy (non-hydrogen) atoms. The number of amides is 1. The number of benzene rings is 1. The standard InChI is InChI=1S/C17H20N2O4S/c1-3-17(16(21)22,12-7-5-4-6-8-12)11-18-15(20)13-10-24-14(19-13)9-23-2/h4-8,10H,3,9,11H2,1-2H3,(H,18,20)(H,21,22). The fourth-order valence-corrected chi connectivity index (χ4v) is 3.21. The Morgan fingerprint density at radius 2 is 2.04 bits per heavy atom. The summed E-state index contributed by atoms with van der Waals surface area (Å²) in [7, 11) is 1.56. The predicted molar refractivity (Wildman–Crippen MR) is 91.2 cm³/mol. The lowest BCUT2D eigenvalue weighted by Crippen LogP contribution is -2.46. The molecule has 7 heteroatoms. The first kappa shape index (κ1) is 18.1. The number of hydrogen-bond acceptors (Lipinski definition) is 5. The van der Waals surface area contributed by atoms with Crippen LogP contribution in [0.1, 0.15) is 34.4 Å². The lowest BCUT2D eigenvalue weighted by atomic mass is 9.78. The molecule has 1 amide bonds. The van der Waals surface area contributed by atoms with Crippen LogP contribution in [-0.2, 0) is 21.6 Å². The normalized spacial score (nSPS) is 13.2. The van der Waals surface area contributed by atoms with Crippen LogP contribution in [0.15, 0.2) is 35.7 Å². The highest BCUT2D eigenvalue weighted by Gasteiger charge is 2.39. The molecule has 1 unspecified atom stereocenters. The van der Waals surface area contributed by atoms with Crippen LogP contribution in [0, 0.1) is 0 Å². The molecule has 2 N–H and O–H groups in total. The van der Waals surface area contributed by atoms with E-state index < -0.39 is 11.4 Å². The number of methoxy groups -OCH3 is 1. The lowest BCUT2D eigenvalue weighted by Gasteiger charge is -2.28. The molecule has 2 rings (SSSR count). The first-order chi connectivity index (χ1) is 11.5. The topological polar surface area (TPSA) is 88.5 Å². The Kier molecular flexibility index (Phi) is 6.05. The van der Waals surface area contributed by atoms with E-state index in [1.54, 1.807) is 43.7 Å². The molecule has 0 aliphatic carbocycles. The minimum Gasteiger partial charge on any atom is -0.481 e. The summed E-state index contributed by atoms with van der Waals surface area (Å²) in [5.74, 6) is -1.35. The molecule has 0 aliphatic rings. The van der Waals surface area contributed by atoms with Gasteiger partial charge < -0.3 is 15.2 Å². The van der Waals surface area contributed by atoms with Crippen LogP contribution < -0.4 is 5.32 Å². The third-order valence-corrected chi connectivity index (χ3v) is 4.76. The van der Waals surface area contributed by atoms with E-state index in [-0.39, 0.29) is 18.1 Å². The first-order valence-electron chi connectivity index (χ1n) is 7.54. The van der Waals surface area contributed by atoms with E-state index in [9.17, 15) is 14.7 Å². The van der Waals surface area contributed by atoms with Crippen molar-refractivity contribution in [3.63, 3.8) is 0 Å². The van der Waals surface area contributed by atoms with Gasteiger partial charge in [0.15, 0.2) is 0 Å². The number of nitrogens with zero attached hydrogens (tertiary/aromatic N) is 1. The second kappa shape index (κ2) is 8.03. The summed E-state index contributed by atoms with van der Waals surface area (Å²) in [5, 5.41) is 14.8. The second-order valence-electron chi connectivity index (χ2n) is 5.35. The third kappa shape index (κ3) is 3.80. The Balaban J connectivity index is 2.15. The van der Waals surface area contributed by atoms with Gasteiger partial charge in [-0.25, -0.2) is 4.98 Å². The molecule has 1 heterocycles. The van der Waals surface area contributed by atoms with Gasteiger partial charge in [-0.3, -0.25) is 9.59 Å². The molecule has 1 aromatic heterocycles. The number of ether oxygens (including phenoxy) is 1. The molecule has 0 saturated heterocycles. The molecule has 0 radical (unpaired) electrons. The summed E-state index contributed by atoms with van der Waals surface area (Å²) in [5.41, 5.74) is -0.225. The molecular formula is C17H20N2O4S. The summed E-state index contributed by atoms with van der Waals surface area (Å²) >= 11 is 1.33. The zero-order valence-corrected chi connectivity index (χ0v) is 14.4. The van der Waals surface area contributed by atoms with Crippen LogP contribution in [-0.4, -0.2) is 35.6 Å². The number of carbonyl (C=O) groups is 2. The van der Waals surface area contributed by atoms with Crippen molar-refractivity contribution >= 4 is 23.2 Å². The Hall–Kier alpha value is -2.25. The predicted octanol–water partition coefficient (Wildman–Crippen LogP) is 2.45. The lowest BCUT2D eigenvalue weighted by molar-refractivity contribution is -0.143. The van der Waals surface area contributed by atoms with Gasteiger partial charge in [0.2, 0.25) is 0 Å². The van der Waals surface area contributed by atoms with Gasteiger partial charge in [-0.2, -0.15) is 0 Å². The second-order valence-corrected chi connectivity index (χ2v) is 6.29. The summed E-state index contributed by atoms with van der Waals surface area (Å²) < 4.78 is 4.98. The van der Waals surface area contributed by atoms with Crippen molar-refractivity contribution in [2.45, 2.75) is 25.4 Å². The summed E-state index contributed by atoms with van der Waals surface area (Å²) in [6, 6.07) is 8.95. The van der Waals surface area contributed by atoms with Crippen molar-refractivity contribution in [1.29, 1.82) is 0 Å². The maximum atomic E-state index is 12.3. The van der Waals surface area contributed by atoms with Gasteiger partial charge in [-0.05, 0) is 12.0 Å². The van der Waals surface area contributed by atoms with Gasteiger partial charge in [0.1, 0.15) is 16.1 Å². The van der Waals surface area contributed by atoms with Gasteiger partial charge in [0, 0.05) is 19.0 Å². The number of carboxylic acid groups (broad SMARTS) is 1. The smallest absolute Gasteiger partial charge is 0.315 e. The number of thiazole rings is 1. The van der Waals surface area contributed by atoms with E-state index in [0.717, 1.165) is 0 Å². The van der Waals surface area contributed by atoms with Crippen LogP contribution in [0.2, 0.25) is 0 Å². The molecular weight excluding hydrogens is 328 g/mol. The van der Waals surface area contributed by atoms with Gasteiger partial charge in [0.25, 0.3) is 5.91 Å². The number of carboxylic acids is 1. The molecule has 2 aromatic rings. The maximum Gasteiger partial charge on any atom is 0.315 e. The number of hydrogen-bond donors (Lipinski definition) is 2. The van der Waals surface area contributed by atoms with Crippen molar-refractivity contribution in [1.82, 2.24) is 10.3 Å². The highest BCUT2D eigenvalue weighted by atomic mass is 32.1. The average Bonchev–Trinajstić information content (AvgIpc) is 3.05. The monoisotopic (exact) mass is 348 g/mol. The van der Waals surface area contributed by atoms with E-state index in [4.69, 9.17) is 4.74 Å². The molecule has 6 nitrogen and oxygen atoms in total. The SMILES string of the molecule is CCC(CNC(=O)c1csc(COC)n1)(C(=O)O)c1ccccc1. The number of nitrogens with one attached hydrogen (secondary N) is 1. The number of rotatable bonds is 8. The summed E-state index contributed by atoms with van der Waals surface area (Å²) in [6.07, 6.45) is 0.360. The van der Waals surface area contributed by atoms with Crippen LogP contribution in [0.4, 0.5) is 0 Å². The van der Waals surface area contributed by atoms with Gasteiger partial charge >= 0.3 is 5.97 Å². The summed E-state index contributed by atoms with van der Waals surface area (Å²) in [4.78, 5) is 28.4. The van der Waals surface area contributed by atoms with Crippen LogP contribution in [0.3, 0.4) is 0 Å². The average molecular weight is 348 g/mol. The van der Waals surface area contributed by atoms with E-state index in [2.05, 4.69) is 10.3 Å². The molecule has 0 aliphatic heterocycles. The highest BCUT2D eigenvalue weighted by Crippen LogP contribution is 2.28. The van der Waals surface area contributed by atoms with Crippen molar-refractivity contribution in [2.75, 3.05) is 13.7 Å². The third-order valence-electron chi connectivity index (χ3n) is 3.94. The Bertz CT molecular complexity index is 702. The molecule has 128 valence electrons. The quantitative estimate of drug-likeness (QED) is 0.765.